The van der Waals surface area contributed by atoms with Gasteiger partial charge in [0.15, 0.2) is 0 Å². The van der Waals surface area contributed by atoms with E-state index in [1.54, 1.807) is 24.3 Å². The van der Waals surface area contributed by atoms with Gasteiger partial charge in [-0.1, -0.05) is 42.5 Å². The highest BCUT2D eigenvalue weighted by atomic mass is 31.2. The molecule has 0 radical (unpaired) electrons. The molecular weight excluding hydrogens is 301 g/mol. The summed E-state index contributed by atoms with van der Waals surface area (Å²) in [7, 11) is -0.632. The highest BCUT2D eigenvalue weighted by Gasteiger charge is 2.35. The van der Waals surface area contributed by atoms with Crippen LogP contribution >= 0.6 is 7.60 Å². The molecule has 1 unspecified atom stereocenters. The van der Waals surface area contributed by atoms with Crippen molar-refractivity contribution in [3.63, 3.8) is 0 Å². The molecule has 0 saturated carbocycles. The number of nitrogens with one attached hydrogen (secondary N) is 1. The summed E-state index contributed by atoms with van der Waals surface area (Å²) in [6.45, 7) is 0.517. The van der Waals surface area contributed by atoms with Crippen LogP contribution in [-0.4, -0.2) is 19.3 Å². The first-order valence-electron chi connectivity index (χ1n) is 6.86. The highest BCUT2D eigenvalue weighted by Crippen LogP contribution is 2.58. The topological polar surface area (TPSA) is 67.8 Å². The molecular formula is C16H20NO4P. The Morgan fingerprint density at radius 2 is 1.64 bits per heavy atom. The van der Waals surface area contributed by atoms with Gasteiger partial charge in [-0.25, -0.2) is 0 Å². The minimum atomic E-state index is -3.36. The molecule has 118 valence electrons. The van der Waals surface area contributed by atoms with Crippen molar-refractivity contribution in [2.75, 3.05) is 14.2 Å². The lowest BCUT2D eigenvalue weighted by atomic mass is 10.2. The van der Waals surface area contributed by atoms with Crippen LogP contribution < -0.4 is 5.32 Å². The molecule has 0 aliphatic rings. The first kappa shape index (κ1) is 16.7. The zero-order valence-corrected chi connectivity index (χ0v) is 13.5. The molecule has 0 amide bonds. The first-order chi connectivity index (χ1) is 10.6. The number of aromatic hydroxyl groups is 1. The van der Waals surface area contributed by atoms with Crippen LogP contribution in [0.15, 0.2) is 54.6 Å². The van der Waals surface area contributed by atoms with E-state index in [1.165, 1.54) is 14.2 Å². The smallest absolute Gasteiger partial charge is 0.351 e. The van der Waals surface area contributed by atoms with Gasteiger partial charge in [-0.05, 0) is 23.3 Å². The van der Waals surface area contributed by atoms with Crippen molar-refractivity contribution in [1.29, 1.82) is 0 Å². The van der Waals surface area contributed by atoms with Crippen molar-refractivity contribution in [2.45, 2.75) is 12.3 Å². The van der Waals surface area contributed by atoms with Crippen LogP contribution in [0.2, 0.25) is 0 Å². The van der Waals surface area contributed by atoms with E-state index in [9.17, 15) is 9.67 Å². The number of rotatable bonds is 7. The Morgan fingerprint density at radius 1 is 1.05 bits per heavy atom. The fourth-order valence-corrected chi connectivity index (χ4v) is 3.59. The molecule has 0 aromatic heterocycles. The SMILES string of the molecule is COP(=O)(OC)C(NCc1ccccc1)c1ccc(O)cc1. The molecule has 2 N–H and O–H groups in total. The maximum absolute atomic E-state index is 12.8. The standard InChI is InChI=1S/C16H20NO4P/c1-20-22(19,21-2)16(14-8-10-15(18)11-9-14)17-12-13-6-4-3-5-7-13/h3-11,16-18H,12H2,1-2H3. The average molecular weight is 321 g/mol. The van der Waals surface area contributed by atoms with E-state index < -0.39 is 13.4 Å². The predicted molar refractivity (Wildman–Crippen MR) is 85.8 cm³/mol. The molecule has 1 atom stereocenters. The summed E-state index contributed by atoms with van der Waals surface area (Å²) < 4.78 is 23.0. The lowest BCUT2D eigenvalue weighted by Gasteiger charge is -2.25. The predicted octanol–water partition coefficient (Wildman–Crippen LogP) is 3.67. The molecule has 5 nitrogen and oxygen atoms in total. The van der Waals surface area contributed by atoms with Crippen LogP contribution in [0.4, 0.5) is 0 Å². The second kappa shape index (κ2) is 7.56. The minimum absolute atomic E-state index is 0.148. The second-order valence-corrected chi connectivity index (χ2v) is 7.09. The fourth-order valence-electron chi connectivity index (χ4n) is 2.16. The Balaban J connectivity index is 2.25. The third-order valence-electron chi connectivity index (χ3n) is 3.38. The van der Waals surface area contributed by atoms with Gasteiger partial charge in [0.1, 0.15) is 11.5 Å². The van der Waals surface area contributed by atoms with E-state index in [-0.39, 0.29) is 5.75 Å². The number of phenols is 1. The summed E-state index contributed by atoms with van der Waals surface area (Å²) in [5.74, 6) is -0.474. The normalized spacial score (nSPS) is 13.0. The lowest BCUT2D eigenvalue weighted by molar-refractivity contribution is 0.259. The van der Waals surface area contributed by atoms with Gasteiger partial charge in [0, 0.05) is 20.8 Å². The molecule has 2 rings (SSSR count). The van der Waals surface area contributed by atoms with Gasteiger partial charge in [0.05, 0.1) is 0 Å². The lowest BCUT2D eigenvalue weighted by Crippen LogP contribution is -2.22. The molecule has 2 aromatic rings. The number of phenolic OH excluding ortho intramolecular Hbond substituents is 1. The van der Waals surface area contributed by atoms with E-state index in [0.29, 0.717) is 6.54 Å². The number of hydrogen-bond donors (Lipinski definition) is 2. The Labute approximate surface area is 130 Å². The van der Waals surface area contributed by atoms with Gasteiger partial charge in [0.25, 0.3) is 0 Å². The van der Waals surface area contributed by atoms with Gasteiger partial charge in [-0.2, -0.15) is 0 Å². The minimum Gasteiger partial charge on any atom is -0.508 e. The van der Waals surface area contributed by atoms with Gasteiger partial charge < -0.3 is 14.2 Å². The molecule has 2 aromatic carbocycles. The maximum atomic E-state index is 12.8. The van der Waals surface area contributed by atoms with Crippen LogP contribution in [0.25, 0.3) is 0 Å². The summed E-state index contributed by atoms with van der Waals surface area (Å²) in [5, 5.41) is 12.6. The summed E-state index contributed by atoms with van der Waals surface area (Å²) >= 11 is 0. The summed E-state index contributed by atoms with van der Waals surface area (Å²) in [6.07, 6.45) is 0. The number of benzene rings is 2. The van der Waals surface area contributed by atoms with Crippen molar-refractivity contribution in [3.05, 3.63) is 65.7 Å². The zero-order chi connectivity index (χ0) is 16.0. The zero-order valence-electron chi connectivity index (χ0n) is 12.6. The van der Waals surface area contributed by atoms with Crippen molar-refractivity contribution >= 4 is 7.60 Å². The molecule has 0 fully saturated rings. The maximum Gasteiger partial charge on any atom is 0.351 e. The second-order valence-electron chi connectivity index (χ2n) is 4.77. The molecule has 6 heteroatoms. The molecule has 0 aliphatic heterocycles. The molecule has 0 saturated heterocycles. The average Bonchev–Trinajstić information content (AvgIpc) is 2.57. The van der Waals surface area contributed by atoms with E-state index in [0.717, 1.165) is 11.1 Å². The summed E-state index contributed by atoms with van der Waals surface area (Å²) in [5.41, 5.74) is 1.78. The van der Waals surface area contributed by atoms with Crippen molar-refractivity contribution in [1.82, 2.24) is 5.32 Å². The Kier molecular flexibility index (Phi) is 5.75. The largest absolute Gasteiger partial charge is 0.508 e. The fraction of sp³-hybridized carbons (Fsp3) is 0.250. The Bertz CT molecular complexity index is 622. The van der Waals surface area contributed by atoms with Gasteiger partial charge >= 0.3 is 7.60 Å². The van der Waals surface area contributed by atoms with Crippen LogP contribution in [0.5, 0.6) is 5.75 Å². The van der Waals surface area contributed by atoms with E-state index in [1.807, 2.05) is 30.3 Å². The third-order valence-corrected chi connectivity index (χ3v) is 5.51. The van der Waals surface area contributed by atoms with Crippen LogP contribution in [0.3, 0.4) is 0 Å². The van der Waals surface area contributed by atoms with E-state index in [4.69, 9.17) is 9.05 Å². The monoisotopic (exact) mass is 321 g/mol. The Hall–Kier alpha value is -1.65. The molecule has 0 spiro atoms. The van der Waals surface area contributed by atoms with Gasteiger partial charge in [-0.3, -0.25) is 9.88 Å². The molecule has 22 heavy (non-hydrogen) atoms. The molecule has 0 heterocycles. The van der Waals surface area contributed by atoms with Crippen LogP contribution in [-0.2, 0) is 20.2 Å². The number of hydrogen-bond acceptors (Lipinski definition) is 5. The van der Waals surface area contributed by atoms with Crippen LogP contribution in [0, 0.1) is 0 Å². The van der Waals surface area contributed by atoms with Gasteiger partial charge in [0.2, 0.25) is 0 Å². The van der Waals surface area contributed by atoms with E-state index in [2.05, 4.69) is 5.32 Å². The van der Waals surface area contributed by atoms with Crippen molar-refractivity contribution in [3.8, 4) is 5.75 Å². The van der Waals surface area contributed by atoms with Crippen molar-refractivity contribution in [2.24, 2.45) is 0 Å². The van der Waals surface area contributed by atoms with E-state index >= 15 is 0 Å². The summed E-state index contributed by atoms with van der Waals surface area (Å²) in [4.78, 5) is 0. The summed E-state index contributed by atoms with van der Waals surface area (Å²) in [6, 6.07) is 16.3. The Morgan fingerprint density at radius 3 is 2.18 bits per heavy atom. The molecule has 0 bridgehead atoms. The van der Waals surface area contributed by atoms with Gasteiger partial charge in [-0.15, -0.1) is 0 Å². The first-order valence-corrected chi connectivity index (χ1v) is 8.47. The third kappa shape index (κ3) is 3.96. The molecule has 0 aliphatic carbocycles. The van der Waals surface area contributed by atoms with Crippen molar-refractivity contribution < 1.29 is 18.7 Å². The van der Waals surface area contributed by atoms with Crippen LogP contribution in [0.1, 0.15) is 16.9 Å². The highest BCUT2D eigenvalue weighted by molar-refractivity contribution is 7.54. The quantitative estimate of drug-likeness (QED) is 0.762.